The van der Waals surface area contributed by atoms with Crippen LogP contribution in [0.5, 0.6) is 23.0 Å². The smallest absolute Gasteiger partial charge is 0.203 e. The Labute approximate surface area is 176 Å². The van der Waals surface area contributed by atoms with E-state index >= 15 is 0 Å². The Kier molecular flexibility index (Phi) is 7.59. The zero-order valence-electron chi connectivity index (χ0n) is 17.6. The van der Waals surface area contributed by atoms with E-state index in [4.69, 9.17) is 18.9 Å². The van der Waals surface area contributed by atoms with Gasteiger partial charge in [-0.3, -0.25) is 4.90 Å². The van der Waals surface area contributed by atoms with Crippen LogP contribution >= 0.6 is 0 Å². The molecular weight excluding hydrogens is 391 g/mol. The number of ether oxygens (including phenoxy) is 4. The fraction of sp³-hybridized carbons (Fsp3) is 0.455. The second kappa shape index (κ2) is 10.4. The number of nitrogens with zero attached hydrogens (tertiary/aromatic N) is 2. The third-order valence-electron chi connectivity index (χ3n) is 5.11. The maximum Gasteiger partial charge on any atom is 0.203 e. The molecule has 8 heteroatoms. The summed E-state index contributed by atoms with van der Waals surface area (Å²) < 4.78 is 34.8. The SMILES string of the molecule is COc1cc(OCC(O)CN2CCN(c3ccc(F)cc3)CC2)cc(OC)c1OC. The van der Waals surface area contributed by atoms with E-state index in [1.165, 1.54) is 12.1 Å². The van der Waals surface area contributed by atoms with Crippen molar-refractivity contribution in [1.82, 2.24) is 4.90 Å². The number of hydrogen-bond acceptors (Lipinski definition) is 7. The molecule has 0 bridgehead atoms. The minimum absolute atomic E-state index is 0.150. The van der Waals surface area contributed by atoms with E-state index in [1.54, 1.807) is 45.6 Å². The largest absolute Gasteiger partial charge is 0.493 e. The molecule has 1 saturated heterocycles. The summed E-state index contributed by atoms with van der Waals surface area (Å²) in [6.45, 7) is 3.95. The molecule has 0 saturated carbocycles. The zero-order valence-corrected chi connectivity index (χ0v) is 17.6. The highest BCUT2D eigenvalue weighted by Gasteiger charge is 2.20. The Hall–Kier alpha value is -2.71. The third-order valence-corrected chi connectivity index (χ3v) is 5.11. The molecule has 30 heavy (non-hydrogen) atoms. The summed E-state index contributed by atoms with van der Waals surface area (Å²) >= 11 is 0. The second-order valence-electron chi connectivity index (χ2n) is 7.09. The minimum Gasteiger partial charge on any atom is -0.493 e. The van der Waals surface area contributed by atoms with Gasteiger partial charge >= 0.3 is 0 Å². The van der Waals surface area contributed by atoms with Gasteiger partial charge < -0.3 is 29.0 Å². The molecule has 1 N–H and O–H groups in total. The molecule has 1 aliphatic rings. The van der Waals surface area contributed by atoms with Crippen LogP contribution in [0.2, 0.25) is 0 Å². The number of hydrogen-bond donors (Lipinski definition) is 1. The molecule has 1 fully saturated rings. The third kappa shape index (κ3) is 5.46. The van der Waals surface area contributed by atoms with Gasteiger partial charge in [0, 0.05) is 50.5 Å². The fourth-order valence-electron chi connectivity index (χ4n) is 3.52. The first-order valence-electron chi connectivity index (χ1n) is 9.87. The van der Waals surface area contributed by atoms with E-state index in [1.807, 2.05) is 0 Å². The minimum atomic E-state index is -0.638. The average Bonchev–Trinajstić information content (AvgIpc) is 2.78. The molecule has 1 heterocycles. The number of halogens is 1. The van der Waals surface area contributed by atoms with Gasteiger partial charge in [0.15, 0.2) is 11.5 Å². The molecule has 0 aromatic heterocycles. The molecule has 0 aliphatic carbocycles. The van der Waals surface area contributed by atoms with Crippen molar-refractivity contribution in [3.8, 4) is 23.0 Å². The van der Waals surface area contributed by atoms with Crippen molar-refractivity contribution in [3.63, 3.8) is 0 Å². The summed E-state index contributed by atoms with van der Waals surface area (Å²) in [5, 5.41) is 10.4. The lowest BCUT2D eigenvalue weighted by molar-refractivity contribution is 0.0661. The van der Waals surface area contributed by atoms with Gasteiger partial charge in [-0.25, -0.2) is 4.39 Å². The van der Waals surface area contributed by atoms with Crippen LogP contribution in [0.25, 0.3) is 0 Å². The van der Waals surface area contributed by atoms with Gasteiger partial charge in [0.2, 0.25) is 5.75 Å². The molecule has 2 aromatic carbocycles. The lowest BCUT2D eigenvalue weighted by atomic mass is 10.2. The first-order valence-corrected chi connectivity index (χ1v) is 9.87. The maximum absolute atomic E-state index is 13.1. The number of aliphatic hydroxyl groups is 1. The molecule has 0 radical (unpaired) electrons. The molecule has 0 amide bonds. The molecule has 1 aliphatic heterocycles. The van der Waals surface area contributed by atoms with Crippen LogP contribution in [0, 0.1) is 5.82 Å². The summed E-state index contributed by atoms with van der Waals surface area (Å²) in [4.78, 5) is 4.41. The van der Waals surface area contributed by atoms with Gasteiger partial charge in [-0.15, -0.1) is 0 Å². The number of benzene rings is 2. The van der Waals surface area contributed by atoms with Crippen LogP contribution < -0.4 is 23.8 Å². The van der Waals surface area contributed by atoms with Crippen LogP contribution in [0.4, 0.5) is 10.1 Å². The number of piperazine rings is 1. The number of anilines is 1. The van der Waals surface area contributed by atoms with Crippen molar-refractivity contribution in [3.05, 3.63) is 42.2 Å². The normalized spacial score (nSPS) is 15.6. The van der Waals surface area contributed by atoms with Crippen molar-refractivity contribution >= 4 is 5.69 Å². The van der Waals surface area contributed by atoms with Gasteiger partial charge in [-0.05, 0) is 24.3 Å². The van der Waals surface area contributed by atoms with E-state index in [0.717, 1.165) is 31.9 Å². The predicted octanol–water partition coefficient (Wildman–Crippen LogP) is 2.41. The fourth-order valence-corrected chi connectivity index (χ4v) is 3.52. The molecule has 164 valence electrons. The van der Waals surface area contributed by atoms with Crippen molar-refractivity contribution in [2.24, 2.45) is 0 Å². The summed E-state index contributed by atoms with van der Waals surface area (Å²) in [7, 11) is 4.63. The van der Waals surface area contributed by atoms with Crippen molar-refractivity contribution in [1.29, 1.82) is 0 Å². The Morgan fingerprint density at radius 3 is 2.07 bits per heavy atom. The van der Waals surface area contributed by atoms with E-state index in [0.29, 0.717) is 29.5 Å². The van der Waals surface area contributed by atoms with Gasteiger partial charge in [0.1, 0.15) is 24.3 Å². The number of rotatable bonds is 9. The number of aliphatic hydroxyl groups excluding tert-OH is 1. The summed E-state index contributed by atoms with van der Waals surface area (Å²) in [6, 6.07) is 9.96. The van der Waals surface area contributed by atoms with Crippen LogP contribution in [0.3, 0.4) is 0 Å². The molecule has 2 aromatic rings. The predicted molar refractivity (Wildman–Crippen MR) is 113 cm³/mol. The van der Waals surface area contributed by atoms with Gasteiger partial charge in [0.25, 0.3) is 0 Å². The molecule has 1 atom stereocenters. The van der Waals surface area contributed by atoms with Crippen molar-refractivity contribution in [2.45, 2.75) is 6.10 Å². The zero-order chi connectivity index (χ0) is 21.5. The summed E-state index contributed by atoms with van der Waals surface area (Å²) in [5.41, 5.74) is 1.02. The van der Waals surface area contributed by atoms with Crippen LogP contribution in [0.15, 0.2) is 36.4 Å². The quantitative estimate of drug-likeness (QED) is 0.668. The van der Waals surface area contributed by atoms with Gasteiger partial charge in [0.05, 0.1) is 21.3 Å². The Balaban J connectivity index is 1.48. The van der Waals surface area contributed by atoms with E-state index < -0.39 is 6.10 Å². The van der Waals surface area contributed by atoms with Crippen molar-refractivity contribution in [2.75, 3.05) is 65.6 Å². The lowest BCUT2D eigenvalue weighted by Gasteiger charge is -2.36. The van der Waals surface area contributed by atoms with Crippen LogP contribution in [-0.4, -0.2) is 76.8 Å². The first-order chi connectivity index (χ1) is 14.5. The highest BCUT2D eigenvalue weighted by molar-refractivity contribution is 5.55. The van der Waals surface area contributed by atoms with E-state index in [-0.39, 0.29) is 12.4 Å². The van der Waals surface area contributed by atoms with E-state index in [9.17, 15) is 9.50 Å². The molecule has 0 spiro atoms. The highest BCUT2D eigenvalue weighted by Crippen LogP contribution is 2.40. The lowest BCUT2D eigenvalue weighted by Crippen LogP contribution is -2.49. The monoisotopic (exact) mass is 420 g/mol. The Bertz CT molecular complexity index is 785. The number of β-amino-alcohol motifs (C(OH)–C–C–N with tert-alkyl or cyclic N) is 1. The maximum atomic E-state index is 13.1. The molecule has 1 unspecified atom stereocenters. The Morgan fingerprint density at radius 2 is 1.53 bits per heavy atom. The number of methoxy groups -OCH3 is 3. The van der Waals surface area contributed by atoms with Gasteiger partial charge in [-0.1, -0.05) is 0 Å². The standard InChI is InChI=1S/C22H29FN2O5/c1-27-20-12-19(13-21(28-2)22(20)29-3)30-15-18(26)14-24-8-10-25(11-9-24)17-6-4-16(23)5-7-17/h4-7,12-13,18,26H,8-11,14-15H2,1-3H3. The topological polar surface area (TPSA) is 63.6 Å². The molecule has 3 rings (SSSR count). The second-order valence-corrected chi connectivity index (χ2v) is 7.09. The van der Waals surface area contributed by atoms with Crippen molar-refractivity contribution < 1.29 is 28.4 Å². The van der Waals surface area contributed by atoms with Gasteiger partial charge in [-0.2, -0.15) is 0 Å². The van der Waals surface area contributed by atoms with E-state index in [2.05, 4.69) is 9.80 Å². The Morgan fingerprint density at radius 1 is 0.933 bits per heavy atom. The molecular formula is C22H29FN2O5. The van der Waals surface area contributed by atoms with Crippen LogP contribution in [-0.2, 0) is 0 Å². The van der Waals surface area contributed by atoms with Crippen LogP contribution in [0.1, 0.15) is 0 Å². The molecule has 7 nitrogen and oxygen atoms in total. The average molecular weight is 420 g/mol. The first kappa shape index (κ1) is 22.0. The summed E-state index contributed by atoms with van der Waals surface area (Å²) in [5.74, 6) is 1.79. The summed E-state index contributed by atoms with van der Waals surface area (Å²) in [6.07, 6.45) is -0.638. The highest BCUT2D eigenvalue weighted by atomic mass is 19.1.